The van der Waals surface area contributed by atoms with Crippen molar-refractivity contribution in [2.45, 2.75) is 39.7 Å². The molecule has 0 spiro atoms. The Morgan fingerprint density at radius 1 is 1.36 bits per heavy atom. The van der Waals surface area contributed by atoms with Gasteiger partial charge in [-0.2, -0.15) is 5.26 Å². The van der Waals surface area contributed by atoms with Crippen molar-refractivity contribution in [3.05, 3.63) is 23.8 Å². The topological polar surface area (TPSA) is 88.4 Å². The van der Waals surface area contributed by atoms with Crippen LogP contribution in [0, 0.1) is 11.3 Å². The van der Waals surface area contributed by atoms with E-state index in [9.17, 15) is 14.9 Å². The summed E-state index contributed by atoms with van der Waals surface area (Å²) in [6.07, 6.45) is 0.500. The molecule has 118 valence electrons. The molecule has 22 heavy (non-hydrogen) atoms. The Balaban J connectivity index is 3.00. The van der Waals surface area contributed by atoms with Gasteiger partial charge in [0.1, 0.15) is 17.4 Å². The first kappa shape index (κ1) is 17.7. The van der Waals surface area contributed by atoms with E-state index in [4.69, 9.17) is 9.47 Å². The SMILES string of the molecule is CCO[C@](C)(CC)C(=O)Nc1ccc(OC(C)=O)cc1C#N. The van der Waals surface area contributed by atoms with E-state index in [0.717, 1.165) is 0 Å². The molecule has 6 nitrogen and oxygen atoms in total. The maximum absolute atomic E-state index is 12.4. The highest BCUT2D eigenvalue weighted by Crippen LogP contribution is 2.24. The van der Waals surface area contributed by atoms with Crippen LogP contribution in [0.15, 0.2) is 18.2 Å². The second-order valence-corrected chi connectivity index (χ2v) is 4.88. The minimum atomic E-state index is -0.962. The Labute approximate surface area is 130 Å². The highest BCUT2D eigenvalue weighted by molar-refractivity contribution is 5.98. The second kappa shape index (κ2) is 7.57. The Bertz CT molecular complexity index is 607. The summed E-state index contributed by atoms with van der Waals surface area (Å²) in [6, 6.07) is 6.41. The molecule has 0 saturated heterocycles. The van der Waals surface area contributed by atoms with Crippen LogP contribution in [-0.2, 0) is 14.3 Å². The Morgan fingerprint density at radius 3 is 2.55 bits per heavy atom. The zero-order valence-corrected chi connectivity index (χ0v) is 13.2. The lowest BCUT2D eigenvalue weighted by atomic mass is 10.0. The zero-order chi connectivity index (χ0) is 16.8. The van der Waals surface area contributed by atoms with Crippen molar-refractivity contribution >= 4 is 17.6 Å². The van der Waals surface area contributed by atoms with Crippen molar-refractivity contribution in [1.82, 2.24) is 0 Å². The number of hydrogen-bond donors (Lipinski definition) is 1. The number of carbonyl (C=O) groups is 2. The highest BCUT2D eigenvalue weighted by Gasteiger charge is 2.32. The second-order valence-electron chi connectivity index (χ2n) is 4.88. The molecule has 0 aromatic heterocycles. The van der Waals surface area contributed by atoms with E-state index in [-0.39, 0.29) is 17.2 Å². The van der Waals surface area contributed by atoms with Crippen molar-refractivity contribution < 1.29 is 19.1 Å². The third-order valence-electron chi connectivity index (χ3n) is 3.24. The number of nitrogens with zero attached hydrogens (tertiary/aromatic N) is 1. The van der Waals surface area contributed by atoms with Crippen molar-refractivity contribution in [2.24, 2.45) is 0 Å². The number of esters is 1. The fraction of sp³-hybridized carbons (Fsp3) is 0.438. The lowest BCUT2D eigenvalue weighted by Crippen LogP contribution is -2.42. The van der Waals surface area contributed by atoms with Crippen molar-refractivity contribution in [3.63, 3.8) is 0 Å². The minimum absolute atomic E-state index is 0.210. The first-order chi connectivity index (χ1) is 10.4. The van der Waals surface area contributed by atoms with Gasteiger partial charge in [0.25, 0.3) is 5.91 Å². The predicted molar refractivity (Wildman–Crippen MR) is 81.4 cm³/mol. The molecule has 0 bridgehead atoms. The number of hydrogen-bond acceptors (Lipinski definition) is 5. The highest BCUT2D eigenvalue weighted by atomic mass is 16.5. The fourth-order valence-corrected chi connectivity index (χ4v) is 1.86. The summed E-state index contributed by atoms with van der Waals surface area (Å²) in [5.41, 5.74) is -0.402. The Morgan fingerprint density at radius 2 is 2.05 bits per heavy atom. The van der Waals surface area contributed by atoms with E-state index >= 15 is 0 Å². The van der Waals surface area contributed by atoms with Crippen LogP contribution >= 0.6 is 0 Å². The molecule has 0 saturated carbocycles. The van der Waals surface area contributed by atoms with Gasteiger partial charge >= 0.3 is 5.97 Å². The summed E-state index contributed by atoms with van der Waals surface area (Å²) in [4.78, 5) is 23.3. The summed E-state index contributed by atoms with van der Waals surface area (Å²) < 4.78 is 10.4. The Kier molecular flexibility index (Phi) is 6.08. The molecule has 0 unspecified atom stereocenters. The molecule has 1 rings (SSSR count). The maximum Gasteiger partial charge on any atom is 0.308 e. The third kappa shape index (κ3) is 4.30. The average molecular weight is 304 g/mol. The fourth-order valence-electron chi connectivity index (χ4n) is 1.86. The number of rotatable bonds is 6. The van der Waals surface area contributed by atoms with Crippen LogP contribution < -0.4 is 10.1 Å². The van der Waals surface area contributed by atoms with E-state index in [0.29, 0.717) is 18.7 Å². The van der Waals surface area contributed by atoms with Gasteiger partial charge in [-0.05, 0) is 32.4 Å². The molecular formula is C16H20N2O4. The number of anilines is 1. The van der Waals surface area contributed by atoms with Gasteiger partial charge in [0, 0.05) is 19.6 Å². The number of benzene rings is 1. The molecule has 0 fully saturated rings. The zero-order valence-electron chi connectivity index (χ0n) is 13.2. The summed E-state index contributed by atoms with van der Waals surface area (Å²) in [6.45, 7) is 7.05. The van der Waals surface area contributed by atoms with Gasteiger partial charge in [-0.25, -0.2) is 0 Å². The summed E-state index contributed by atoms with van der Waals surface area (Å²) in [5, 5.41) is 11.9. The maximum atomic E-state index is 12.4. The van der Waals surface area contributed by atoms with Gasteiger partial charge in [0.05, 0.1) is 11.3 Å². The number of ether oxygens (including phenoxy) is 2. The minimum Gasteiger partial charge on any atom is -0.427 e. The van der Waals surface area contributed by atoms with E-state index in [1.54, 1.807) is 6.92 Å². The van der Waals surface area contributed by atoms with E-state index < -0.39 is 11.6 Å². The van der Waals surface area contributed by atoms with Crippen molar-refractivity contribution in [1.29, 1.82) is 5.26 Å². The monoisotopic (exact) mass is 304 g/mol. The van der Waals surface area contributed by atoms with Crippen LogP contribution in [0.1, 0.15) is 39.7 Å². The summed E-state index contributed by atoms with van der Waals surface area (Å²) in [7, 11) is 0. The van der Waals surface area contributed by atoms with Crippen molar-refractivity contribution in [3.8, 4) is 11.8 Å². The molecule has 6 heteroatoms. The summed E-state index contributed by atoms with van der Waals surface area (Å²) in [5.74, 6) is -0.547. The van der Waals surface area contributed by atoms with Crippen LogP contribution in [0.4, 0.5) is 5.69 Å². The normalized spacial score (nSPS) is 12.9. The lowest BCUT2D eigenvalue weighted by molar-refractivity contribution is -0.139. The Hall–Kier alpha value is -2.39. The largest absolute Gasteiger partial charge is 0.427 e. The van der Waals surface area contributed by atoms with Gasteiger partial charge in [0.15, 0.2) is 0 Å². The smallest absolute Gasteiger partial charge is 0.308 e. The molecule has 1 aromatic carbocycles. The molecule has 1 amide bonds. The molecule has 1 aromatic rings. The van der Waals surface area contributed by atoms with Gasteiger partial charge < -0.3 is 14.8 Å². The lowest BCUT2D eigenvalue weighted by Gasteiger charge is -2.27. The molecule has 0 radical (unpaired) electrons. The van der Waals surface area contributed by atoms with Gasteiger partial charge in [-0.3, -0.25) is 9.59 Å². The molecule has 1 atom stereocenters. The number of amides is 1. The number of nitriles is 1. The molecule has 0 aliphatic carbocycles. The molecule has 0 aliphatic heterocycles. The average Bonchev–Trinajstić information content (AvgIpc) is 2.48. The van der Waals surface area contributed by atoms with E-state index in [2.05, 4.69) is 5.32 Å². The molecule has 0 aliphatic rings. The van der Waals surface area contributed by atoms with Gasteiger partial charge in [0.2, 0.25) is 0 Å². The van der Waals surface area contributed by atoms with Crippen LogP contribution in [0.5, 0.6) is 5.75 Å². The number of nitrogens with one attached hydrogen (secondary N) is 1. The van der Waals surface area contributed by atoms with E-state index in [1.165, 1.54) is 25.1 Å². The molecule has 1 N–H and O–H groups in total. The first-order valence-corrected chi connectivity index (χ1v) is 7.04. The van der Waals surface area contributed by atoms with Crippen LogP contribution in [0.25, 0.3) is 0 Å². The van der Waals surface area contributed by atoms with Gasteiger partial charge in [-0.15, -0.1) is 0 Å². The summed E-state index contributed by atoms with van der Waals surface area (Å²) >= 11 is 0. The van der Waals surface area contributed by atoms with E-state index in [1.807, 2.05) is 19.9 Å². The first-order valence-electron chi connectivity index (χ1n) is 7.04. The number of carbonyl (C=O) groups excluding carboxylic acids is 2. The predicted octanol–water partition coefficient (Wildman–Crippen LogP) is 2.63. The molecule has 0 heterocycles. The third-order valence-corrected chi connectivity index (χ3v) is 3.24. The van der Waals surface area contributed by atoms with Gasteiger partial charge in [-0.1, -0.05) is 6.92 Å². The van der Waals surface area contributed by atoms with Crippen LogP contribution in [0.2, 0.25) is 0 Å². The van der Waals surface area contributed by atoms with Crippen LogP contribution in [0.3, 0.4) is 0 Å². The van der Waals surface area contributed by atoms with Crippen LogP contribution in [-0.4, -0.2) is 24.1 Å². The quantitative estimate of drug-likeness (QED) is 0.644. The standard InChI is InChI=1S/C16H20N2O4/c1-5-16(4,21-6-2)15(20)18-14-8-7-13(22-11(3)19)9-12(14)10-17/h7-9H,5-6H2,1-4H3,(H,18,20)/t16-/m1/s1. The molecular weight excluding hydrogens is 284 g/mol. The van der Waals surface area contributed by atoms with Crippen molar-refractivity contribution in [2.75, 3.05) is 11.9 Å².